The Kier molecular flexibility index (Phi) is 7.77. The molecule has 1 aliphatic rings. The molecule has 0 spiro atoms. The lowest BCUT2D eigenvalue weighted by atomic mass is 9.81. The number of thiophene rings is 1. The summed E-state index contributed by atoms with van der Waals surface area (Å²) in [4.78, 5) is 2.43. The van der Waals surface area contributed by atoms with E-state index in [1.807, 2.05) is 11.3 Å². The lowest BCUT2D eigenvalue weighted by Gasteiger charge is -2.27. The average Bonchev–Trinajstić information content (AvgIpc) is 3.76. The van der Waals surface area contributed by atoms with Crippen LogP contribution in [0, 0.1) is 0 Å². The van der Waals surface area contributed by atoms with Crippen LogP contribution in [0.25, 0.3) is 75.5 Å². The molecule has 2 heteroatoms. The fourth-order valence-electron chi connectivity index (χ4n) is 9.11. The number of benzene rings is 9. The molecule has 0 saturated carbocycles. The Bertz CT molecular complexity index is 3150. The molecule has 0 atom stereocenters. The van der Waals surface area contributed by atoms with E-state index < -0.39 is 0 Å². The summed E-state index contributed by atoms with van der Waals surface area (Å²) in [6.07, 6.45) is 0. The molecule has 9 aromatic carbocycles. The topological polar surface area (TPSA) is 3.24 Å². The van der Waals surface area contributed by atoms with Crippen molar-refractivity contribution < 1.29 is 0 Å². The third-order valence-corrected chi connectivity index (χ3v) is 13.2. The molecule has 0 bridgehead atoms. The molecule has 0 N–H and O–H groups in total. The van der Waals surface area contributed by atoms with Gasteiger partial charge in [0.15, 0.2) is 0 Å². The molecular weight excluding hydrogens is 707 g/mol. The van der Waals surface area contributed by atoms with Gasteiger partial charge in [0.25, 0.3) is 0 Å². The lowest BCUT2D eigenvalue weighted by Crippen LogP contribution is -2.14. The van der Waals surface area contributed by atoms with Crippen molar-refractivity contribution in [2.24, 2.45) is 0 Å². The predicted octanol–water partition coefficient (Wildman–Crippen LogP) is 16.0. The fraction of sp³-hybridized carbons (Fsp3) is 0.0545. The second-order valence-electron chi connectivity index (χ2n) is 15.8. The third kappa shape index (κ3) is 5.59. The van der Waals surface area contributed by atoms with Crippen molar-refractivity contribution in [3.63, 3.8) is 0 Å². The molecule has 0 unspecified atom stereocenters. The van der Waals surface area contributed by atoms with Crippen molar-refractivity contribution >= 4 is 59.3 Å². The van der Waals surface area contributed by atoms with Gasteiger partial charge in [-0.1, -0.05) is 153 Å². The molecule has 1 nitrogen and oxygen atoms in total. The standard InChI is InChI=1S/C55H39NS/c1-55(2)49-17-7-5-15-46(49)47-32-27-43(35-50(47)55)38-25-30-45(31-26-38)56(51-18-10-20-53-54(51)48-16-6-8-19-52(48)57-53)44-28-23-37(24-29-44)40-13-9-14-41(33-40)42-22-21-36-11-3-4-12-39(36)34-42/h3-35H,1-2H3. The first-order valence-electron chi connectivity index (χ1n) is 19.7. The smallest absolute Gasteiger partial charge is 0.0554 e. The first-order chi connectivity index (χ1) is 28.0. The number of fused-ring (bicyclic) bond motifs is 7. The summed E-state index contributed by atoms with van der Waals surface area (Å²) in [5.41, 5.74) is 16.2. The summed E-state index contributed by atoms with van der Waals surface area (Å²) >= 11 is 1.86. The maximum atomic E-state index is 2.43. The Balaban J connectivity index is 0.988. The zero-order valence-corrected chi connectivity index (χ0v) is 32.7. The minimum atomic E-state index is -0.0371. The molecule has 1 aliphatic carbocycles. The summed E-state index contributed by atoms with van der Waals surface area (Å²) in [6.45, 7) is 4.70. The summed E-state index contributed by atoms with van der Waals surface area (Å²) < 4.78 is 2.60. The van der Waals surface area contributed by atoms with Crippen LogP contribution in [-0.2, 0) is 5.41 Å². The summed E-state index contributed by atoms with van der Waals surface area (Å²) in [7, 11) is 0. The Labute approximate surface area is 337 Å². The quantitative estimate of drug-likeness (QED) is 0.164. The van der Waals surface area contributed by atoms with Crippen LogP contribution < -0.4 is 4.90 Å². The van der Waals surface area contributed by atoms with Gasteiger partial charge in [-0.2, -0.15) is 0 Å². The van der Waals surface area contributed by atoms with Crippen molar-refractivity contribution in [1.82, 2.24) is 0 Å². The summed E-state index contributed by atoms with van der Waals surface area (Å²) in [5.74, 6) is 0. The molecule has 0 fully saturated rings. The highest BCUT2D eigenvalue weighted by atomic mass is 32.1. The van der Waals surface area contributed by atoms with Gasteiger partial charge >= 0.3 is 0 Å². The second kappa shape index (κ2) is 13.2. The van der Waals surface area contributed by atoms with Gasteiger partial charge in [0.2, 0.25) is 0 Å². The van der Waals surface area contributed by atoms with Crippen LogP contribution in [0.5, 0.6) is 0 Å². The molecule has 0 saturated heterocycles. The van der Waals surface area contributed by atoms with E-state index in [0.717, 1.165) is 11.4 Å². The predicted molar refractivity (Wildman–Crippen MR) is 245 cm³/mol. The van der Waals surface area contributed by atoms with E-state index in [4.69, 9.17) is 0 Å². The SMILES string of the molecule is CC1(C)c2ccccc2-c2ccc(-c3ccc(N(c4ccc(-c5cccc(-c6ccc7ccccc7c6)c5)cc4)c4cccc5sc6ccccc6c45)cc3)cc21. The highest BCUT2D eigenvalue weighted by Gasteiger charge is 2.35. The van der Waals surface area contributed by atoms with Crippen molar-refractivity contribution in [2.75, 3.05) is 4.90 Å². The molecule has 57 heavy (non-hydrogen) atoms. The van der Waals surface area contributed by atoms with Gasteiger partial charge in [-0.05, 0) is 127 Å². The van der Waals surface area contributed by atoms with Crippen molar-refractivity contribution in [3.8, 4) is 44.5 Å². The molecule has 10 aromatic rings. The van der Waals surface area contributed by atoms with E-state index in [1.165, 1.54) is 92.3 Å². The van der Waals surface area contributed by atoms with Gasteiger partial charge in [0.05, 0.1) is 5.69 Å². The molecule has 11 rings (SSSR count). The molecule has 0 amide bonds. The van der Waals surface area contributed by atoms with Crippen molar-refractivity contribution in [2.45, 2.75) is 19.3 Å². The Morgan fingerprint density at radius 2 is 0.947 bits per heavy atom. The maximum Gasteiger partial charge on any atom is 0.0554 e. The zero-order chi connectivity index (χ0) is 38.1. The van der Waals surface area contributed by atoms with Crippen LogP contribution in [-0.4, -0.2) is 0 Å². The minimum absolute atomic E-state index is 0.0371. The number of anilines is 3. The normalized spacial score (nSPS) is 12.9. The lowest BCUT2D eigenvalue weighted by molar-refractivity contribution is 0.660. The van der Waals surface area contributed by atoms with E-state index >= 15 is 0 Å². The van der Waals surface area contributed by atoms with Crippen LogP contribution in [0.3, 0.4) is 0 Å². The molecule has 0 aliphatic heterocycles. The third-order valence-electron chi connectivity index (χ3n) is 12.1. The van der Waals surface area contributed by atoms with Crippen LogP contribution in [0.4, 0.5) is 17.1 Å². The first-order valence-corrected chi connectivity index (χ1v) is 20.6. The maximum absolute atomic E-state index is 2.43. The van der Waals surface area contributed by atoms with Gasteiger partial charge in [0.1, 0.15) is 0 Å². The van der Waals surface area contributed by atoms with Crippen LogP contribution in [0.2, 0.25) is 0 Å². The zero-order valence-electron chi connectivity index (χ0n) is 31.9. The van der Waals surface area contributed by atoms with Gasteiger partial charge in [0, 0.05) is 37.0 Å². The number of hydrogen-bond donors (Lipinski definition) is 0. The molecule has 1 heterocycles. The monoisotopic (exact) mass is 745 g/mol. The Hall–Kier alpha value is -6.74. The van der Waals surface area contributed by atoms with E-state index in [-0.39, 0.29) is 5.41 Å². The van der Waals surface area contributed by atoms with Crippen molar-refractivity contribution in [3.05, 3.63) is 211 Å². The molecule has 0 radical (unpaired) electrons. The number of nitrogens with zero attached hydrogens (tertiary/aromatic N) is 1. The van der Waals surface area contributed by atoms with Gasteiger partial charge < -0.3 is 4.90 Å². The summed E-state index contributed by atoms with van der Waals surface area (Å²) in [5, 5.41) is 5.10. The van der Waals surface area contributed by atoms with Crippen LogP contribution in [0.15, 0.2) is 200 Å². The molecular formula is C55H39NS. The highest BCUT2D eigenvalue weighted by Crippen LogP contribution is 2.50. The van der Waals surface area contributed by atoms with Gasteiger partial charge in [-0.15, -0.1) is 11.3 Å². The largest absolute Gasteiger partial charge is 0.310 e. The fourth-order valence-corrected chi connectivity index (χ4v) is 10.2. The Morgan fingerprint density at radius 3 is 1.74 bits per heavy atom. The summed E-state index contributed by atoms with van der Waals surface area (Å²) in [6, 6.07) is 73.9. The first kappa shape index (κ1) is 33.6. The van der Waals surface area contributed by atoms with Crippen molar-refractivity contribution in [1.29, 1.82) is 0 Å². The van der Waals surface area contributed by atoms with Crippen LogP contribution >= 0.6 is 11.3 Å². The van der Waals surface area contributed by atoms with Crippen LogP contribution in [0.1, 0.15) is 25.0 Å². The van der Waals surface area contributed by atoms with E-state index in [2.05, 4.69) is 219 Å². The van der Waals surface area contributed by atoms with E-state index in [9.17, 15) is 0 Å². The molecule has 270 valence electrons. The highest BCUT2D eigenvalue weighted by molar-refractivity contribution is 7.26. The van der Waals surface area contributed by atoms with E-state index in [1.54, 1.807) is 0 Å². The van der Waals surface area contributed by atoms with Gasteiger partial charge in [-0.3, -0.25) is 0 Å². The molecule has 1 aromatic heterocycles. The number of rotatable bonds is 6. The Morgan fingerprint density at radius 1 is 0.386 bits per heavy atom. The second-order valence-corrected chi connectivity index (χ2v) is 16.8. The van der Waals surface area contributed by atoms with E-state index in [0.29, 0.717) is 0 Å². The average molecular weight is 746 g/mol. The minimum Gasteiger partial charge on any atom is -0.310 e. The number of hydrogen-bond acceptors (Lipinski definition) is 2. The van der Waals surface area contributed by atoms with Gasteiger partial charge in [-0.25, -0.2) is 0 Å².